The summed E-state index contributed by atoms with van der Waals surface area (Å²) in [6.07, 6.45) is 5.71. The minimum absolute atomic E-state index is 0.0248. The molecule has 3 aliphatic rings. The molecule has 1 heterocycles. The van der Waals surface area contributed by atoms with E-state index in [-0.39, 0.29) is 22.9 Å². The zero-order chi connectivity index (χ0) is 16.7. The number of benzene rings is 1. The molecular formula is C19H23NO4. The molecule has 0 aromatic heterocycles. The van der Waals surface area contributed by atoms with Crippen molar-refractivity contribution in [1.29, 1.82) is 0 Å². The first-order valence-corrected chi connectivity index (χ1v) is 8.84. The predicted molar refractivity (Wildman–Crippen MR) is 87.8 cm³/mol. The van der Waals surface area contributed by atoms with E-state index in [4.69, 9.17) is 4.74 Å². The van der Waals surface area contributed by atoms with E-state index in [1.807, 2.05) is 6.07 Å². The van der Waals surface area contributed by atoms with E-state index in [0.717, 1.165) is 25.9 Å². The van der Waals surface area contributed by atoms with Gasteiger partial charge in [-0.15, -0.1) is 0 Å². The molecule has 2 aliphatic carbocycles. The largest absolute Gasteiger partial charge is 0.478 e. The van der Waals surface area contributed by atoms with Gasteiger partial charge in [0.25, 0.3) is 0 Å². The average Bonchev–Trinajstić information content (AvgIpc) is 2.94. The molecule has 0 radical (unpaired) electrons. The lowest BCUT2D eigenvalue weighted by molar-refractivity contribution is -0.179. The molecular weight excluding hydrogens is 306 g/mol. The number of ether oxygens (including phenoxy) is 1. The van der Waals surface area contributed by atoms with Gasteiger partial charge in [-0.1, -0.05) is 24.6 Å². The Morgan fingerprint density at radius 3 is 2.79 bits per heavy atom. The Hall–Kier alpha value is -1.88. The van der Waals surface area contributed by atoms with Crippen molar-refractivity contribution in [2.45, 2.75) is 50.7 Å². The van der Waals surface area contributed by atoms with Crippen LogP contribution in [-0.2, 0) is 16.0 Å². The molecule has 2 N–H and O–H groups in total. The molecule has 1 aromatic rings. The van der Waals surface area contributed by atoms with Crippen LogP contribution in [0.2, 0.25) is 0 Å². The van der Waals surface area contributed by atoms with E-state index in [9.17, 15) is 14.7 Å². The van der Waals surface area contributed by atoms with Gasteiger partial charge in [-0.05, 0) is 37.3 Å². The maximum Gasteiger partial charge on any atom is 0.335 e. The molecule has 24 heavy (non-hydrogen) atoms. The number of carbonyl (C=O) groups excluding carboxylic acids is 1. The highest BCUT2D eigenvalue weighted by Crippen LogP contribution is 2.62. The van der Waals surface area contributed by atoms with E-state index in [1.165, 1.54) is 6.42 Å². The van der Waals surface area contributed by atoms with Gasteiger partial charge in [0.1, 0.15) is 0 Å². The molecule has 1 amide bonds. The minimum atomic E-state index is -0.940. The van der Waals surface area contributed by atoms with Gasteiger partial charge < -0.3 is 15.2 Å². The van der Waals surface area contributed by atoms with E-state index in [1.54, 1.807) is 18.2 Å². The fourth-order valence-corrected chi connectivity index (χ4v) is 4.90. The summed E-state index contributed by atoms with van der Waals surface area (Å²) < 4.78 is 5.88. The third kappa shape index (κ3) is 2.34. The zero-order valence-corrected chi connectivity index (χ0v) is 13.7. The number of aromatic carboxylic acids is 1. The summed E-state index contributed by atoms with van der Waals surface area (Å²) >= 11 is 0. The Morgan fingerprint density at radius 2 is 2.08 bits per heavy atom. The number of amides is 1. The molecule has 3 unspecified atom stereocenters. The highest BCUT2D eigenvalue weighted by Gasteiger charge is 2.66. The Bertz CT molecular complexity index is 667. The van der Waals surface area contributed by atoms with E-state index < -0.39 is 5.97 Å². The van der Waals surface area contributed by atoms with E-state index in [2.05, 4.69) is 5.32 Å². The third-order valence-corrected chi connectivity index (χ3v) is 6.22. The number of carboxylic acid groups (broad SMARTS) is 1. The molecule has 0 bridgehead atoms. The number of fused-ring (bicyclic) bond motifs is 2. The molecule has 3 fully saturated rings. The highest BCUT2D eigenvalue weighted by atomic mass is 16.5. The Morgan fingerprint density at radius 1 is 1.29 bits per heavy atom. The van der Waals surface area contributed by atoms with Gasteiger partial charge in [-0.3, -0.25) is 4.79 Å². The van der Waals surface area contributed by atoms with Crippen LogP contribution in [0.25, 0.3) is 0 Å². The lowest BCUT2D eigenvalue weighted by atomic mass is 9.46. The number of hydrogen-bond acceptors (Lipinski definition) is 3. The number of rotatable bonds is 5. The number of carbonyl (C=O) groups is 2. The van der Waals surface area contributed by atoms with Crippen molar-refractivity contribution in [3.05, 3.63) is 35.4 Å². The normalized spacial score (nSPS) is 29.4. The summed E-state index contributed by atoms with van der Waals surface area (Å²) in [6, 6.07) is 7.15. The van der Waals surface area contributed by atoms with Crippen LogP contribution < -0.4 is 5.32 Å². The summed E-state index contributed by atoms with van der Waals surface area (Å²) in [5.74, 6) is -0.443. The summed E-state index contributed by atoms with van der Waals surface area (Å²) in [7, 11) is 0. The summed E-state index contributed by atoms with van der Waals surface area (Å²) in [5, 5.41) is 12.5. The minimum Gasteiger partial charge on any atom is -0.478 e. The van der Waals surface area contributed by atoms with Crippen molar-refractivity contribution < 1.29 is 19.4 Å². The van der Waals surface area contributed by atoms with Gasteiger partial charge in [0.05, 0.1) is 11.7 Å². The Kier molecular flexibility index (Phi) is 3.83. The maximum atomic E-state index is 12.4. The first-order chi connectivity index (χ1) is 11.6. The highest BCUT2D eigenvalue weighted by molar-refractivity contribution is 5.89. The molecule has 4 rings (SSSR count). The average molecular weight is 329 g/mol. The summed E-state index contributed by atoms with van der Waals surface area (Å²) in [6.45, 7) is 0.815. The first kappa shape index (κ1) is 15.6. The maximum absolute atomic E-state index is 12.4. The third-order valence-electron chi connectivity index (χ3n) is 6.22. The van der Waals surface area contributed by atoms with Crippen molar-refractivity contribution in [3.8, 4) is 0 Å². The van der Waals surface area contributed by atoms with E-state index in [0.29, 0.717) is 30.4 Å². The predicted octanol–water partition coefficient (Wildman–Crippen LogP) is 2.39. The Balaban J connectivity index is 1.37. The SMILES string of the molecule is O=C(CCc1ccccc1C(=O)O)NC1C2CCOC2C12CCC2. The Labute approximate surface area is 141 Å². The molecule has 128 valence electrons. The quantitative estimate of drug-likeness (QED) is 0.870. The molecule has 5 heteroatoms. The lowest BCUT2D eigenvalue weighted by Gasteiger charge is -2.63. The molecule has 1 saturated heterocycles. The van der Waals surface area contributed by atoms with Gasteiger partial charge in [0, 0.05) is 30.4 Å². The second kappa shape index (κ2) is 5.88. The second-order valence-electron chi connectivity index (χ2n) is 7.34. The molecule has 1 spiro atoms. The zero-order valence-electron chi connectivity index (χ0n) is 13.7. The van der Waals surface area contributed by atoms with Crippen molar-refractivity contribution in [1.82, 2.24) is 5.32 Å². The van der Waals surface area contributed by atoms with Crippen molar-refractivity contribution in [2.75, 3.05) is 6.61 Å². The fraction of sp³-hybridized carbons (Fsp3) is 0.579. The number of hydrogen-bond donors (Lipinski definition) is 2. The van der Waals surface area contributed by atoms with Crippen molar-refractivity contribution in [3.63, 3.8) is 0 Å². The standard InChI is InChI=1S/C19H23NO4/c21-15(7-6-12-4-1-2-5-13(12)18(22)23)20-16-14-8-11-24-17(14)19(16)9-3-10-19/h1-2,4-5,14,16-17H,3,6-11H2,(H,20,21)(H,22,23). The van der Waals surface area contributed by atoms with Gasteiger partial charge in [0.2, 0.25) is 5.91 Å². The summed E-state index contributed by atoms with van der Waals surface area (Å²) in [4.78, 5) is 23.7. The van der Waals surface area contributed by atoms with Crippen LogP contribution in [-0.4, -0.2) is 35.7 Å². The van der Waals surface area contributed by atoms with Crippen molar-refractivity contribution >= 4 is 11.9 Å². The van der Waals surface area contributed by atoms with Crippen LogP contribution in [0.3, 0.4) is 0 Å². The molecule has 3 atom stereocenters. The van der Waals surface area contributed by atoms with Crippen LogP contribution in [0.15, 0.2) is 24.3 Å². The van der Waals surface area contributed by atoms with Gasteiger partial charge in [-0.25, -0.2) is 4.79 Å². The van der Waals surface area contributed by atoms with Gasteiger partial charge in [0.15, 0.2) is 0 Å². The number of aryl methyl sites for hydroxylation is 1. The smallest absolute Gasteiger partial charge is 0.335 e. The fourth-order valence-electron chi connectivity index (χ4n) is 4.90. The van der Waals surface area contributed by atoms with Crippen LogP contribution in [0.5, 0.6) is 0 Å². The van der Waals surface area contributed by atoms with E-state index >= 15 is 0 Å². The number of carboxylic acids is 1. The van der Waals surface area contributed by atoms with Crippen LogP contribution in [0, 0.1) is 11.3 Å². The molecule has 1 aromatic carbocycles. The first-order valence-electron chi connectivity index (χ1n) is 8.84. The lowest BCUT2D eigenvalue weighted by Crippen LogP contribution is -2.71. The topological polar surface area (TPSA) is 75.6 Å². The van der Waals surface area contributed by atoms with Gasteiger partial charge >= 0.3 is 5.97 Å². The number of nitrogens with one attached hydrogen (secondary N) is 1. The molecule has 1 aliphatic heterocycles. The van der Waals surface area contributed by atoms with Crippen molar-refractivity contribution in [2.24, 2.45) is 11.3 Å². The van der Waals surface area contributed by atoms with Crippen LogP contribution >= 0.6 is 0 Å². The monoisotopic (exact) mass is 329 g/mol. The second-order valence-corrected chi connectivity index (χ2v) is 7.34. The summed E-state index contributed by atoms with van der Waals surface area (Å²) in [5.41, 5.74) is 1.19. The molecule has 5 nitrogen and oxygen atoms in total. The van der Waals surface area contributed by atoms with Crippen LogP contribution in [0.4, 0.5) is 0 Å². The van der Waals surface area contributed by atoms with Crippen LogP contribution in [0.1, 0.15) is 48.0 Å². The molecule has 2 saturated carbocycles. The van der Waals surface area contributed by atoms with Gasteiger partial charge in [-0.2, -0.15) is 0 Å².